The van der Waals surface area contributed by atoms with Crippen LogP contribution in [0.25, 0.3) is 22.0 Å². The second-order valence-electron chi connectivity index (χ2n) is 9.25. The largest absolute Gasteiger partial charge is 0.508 e. The van der Waals surface area contributed by atoms with Gasteiger partial charge in [0.05, 0.1) is 24.0 Å². The minimum Gasteiger partial charge on any atom is -0.508 e. The van der Waals surface area contributed by atoms with E-state index in [2.05, 4.69) is 82.7 Å². The van der Waals surface area contributed by atoms with Crippen molar-refractivity contribution in [3.63, 3.8) is 0 Å². The summed E-state index contributed by atoms with van der Waals surface area (Å²) in [5.41, 5.74) is 12.5. The first kappa shape index (κ1) is 22.9. The molecule has 0 saturated heterocycles. The first-order valence-electron chi connectivity index (χ1n) is 12.3. The van der Waals surface area contributed by atoms with Gasteiger partial charge in [-0.05, 0) is 53.8 Å². The van der Waals surface area contributed by atoms with E-state index in [0.717, 1.165) is 65.1 Å². The molecule has 0 spiro atoms. The number of aromatic nitrogens is 3. The summed E-state index contributed by atoms with van der Waals surface area (Å²) in [6.07, 6.45) is 12.1. The number of phenols is 1. The van der Waals surface area contributed by atoms with Crippen molar-refractivity contribution in [3.05, 3.63) is 108 Å². The number of aromatic amines is 1. The summed E-state index contributed by atoms with van der Waals surface area (Å²) in [4.78, 5) is 8.04. The van der Waals surface area contributed by atoms with E-state index in [1.54, 1.807) is 6.07 Å². The van der Waals surface area contributed by atoms with Gasteiger partial charge in [-0.2, -0.15) is 0 Å². The molecular weight excluding hydrogens is 432 g/mol. The lowest BCUT2D eigenvalue weighted by molar-refractivity contribution is 0.472. The second-order valence-corrected chi connectivity index (χ2v) is 9.25. The van der Waals surface area contributed by atoms with Crippen LogP contribution in [-0.2, 0) is 0 Å². The molecule has 3 heterocycles. The molecule has 0 aliphatic carbocycles. The van der Waals surface area contributed by atoms with E-state index >= 15 is 0 Å². The zero-order chi connectivity index (χ0) is 24.4. The number of allylic oxidation sites excluding steroid dienone is 5. The molecule has 2 atom stereocenters. The normalized spacial score (nSPS) is 19.3. The van der Waals surface area contributed by atoms with Gasteiger partial charge in [-0.3, -0.25) is 0 Å². The minimum atomic E-state index is -0.0910. The van der Waals surface area contributed by atoms with Crippen LogP contribution < -0.4 is 5.73 Å². The van der Waals surface area contributed by atoms with Crippen LogP contribution in [0.5, 0.6) is 5.75 Å². The Kier molecular flexibility index (Phi) is 6.43. The highest BCUT2D eigenvalue weighted by Gasteiger charge is 2.22. The number of nitrogens with zero attached hydrogens (tertiary/aromatic N) is 2. The Morgan fingerprint density at radius 2 is 2.03 bits per heavy atom. The SMILES string of the molecule is C=C1/C=C\C(c2cnc(C(N)CCCC)[nH]2)=C/CC(c2cccc(O)c2)n2c1cc1ccccc12. The van der Waals surface area contributed by atoms with Gasteiger partial charge >= 0.3 is 0 Å². The number of benzene rings is 2. The van der Waals surface area contributed by atoms with Gasteiger partial charge in [0.15, 0.2) is 0 Å². The maximum atomic E-state index is 10.3. The predicted molar refractivity (Wildman–Crippen MR) is 144 cm³/mol. The number of aromatic hydroxyl groups is 1. The van der Waals surface area contributed by atoms with E-state index in [1.807, 2.05) is 18.3 Å². The van der Waals surface area contributed by atoms with Crippen LogP contribution >= 0.6 is 0 Å². The molecule has 1 aliphatic rings. The van der Waals surface area contributed by atoms with Crippen molar-refractivity contribution in [1.82, 2.24) is 14.5 Å². The van der Waals surface area contributed by atoms with Crippen LogP contribution in [0, 0.1) is 0 Å². The number of rotatable bonds is 6. The Hall–Kier alpha value is -3.83. The summed E-state index contributed by atoms with van der Waals surface area (Å²) < 4.78 is 2.34. The van der Waals surface area contributed by atoms with Crippen LogP contribution in [0.1, 0.15) is 67.5 Å². The van der Waals surface area contributed by atoms with Gasteiger partial charge in [0.1, 0.15) is 11.6 Å². The van der Waals surface area contributed by atoms with Crippen LogP contribution in [0.2, 0.25) is 0 Å². The van der Waals surface area contributed by atoms with Crippen LogP contribution in [0.3, 0.4) is 0 Å². The Morgan fingerprint density at radius 3 is 2.86 bits per heavy atom. The smallest absolute Gasteiger partial charge is 0.123 e. The maximum Gasteiger partial charge on any atom is 0.123 e. The molecule has 2 aromatic carbocycles. The molecule has 5 rings (SSSR count). The second kappa shape index (κ2) is 9.80. The molecule has 0 fully saturated rings. The van der Waals surface area contributed by atoms with E-state index < -0.39 is 0 Å². The van der Waals surface area contributed by atoms with Crippen LogP contribution in [0.4, 0.5) is 0 Å². The summed E-state index contributed by atoms with van der Waals surface area (Å²) in [5.74, 6) is 1.09. The van der Waals surface area contributed by atoms with Crippen LogP contribution in [0.15, 0.2) is 85.6 Å². The molecule has 0 amide bonds. The molecule has 178 valence electrons. The molecule has 2 aromatic heterocycles. The molecule has 4 N–H and O–H groups in total. The average Bonchev–Trinajstić information content (AvgIpc) is 3.51. The van der Waals surface area contributed by atoms with E-state index in [-0.39, 0.29) is 17.8 Å². The quantitative estimate of drug-likeness (QED) is 0.290. The molecule has 4 aromatic rings. The topological polar surface area (TPSA) is 79.9 Å². The summed E-state index contributed by atoms with van der Waals surface area (Å²) in [6, 6.07) is 18.0. The van der Waals surface area contributed by atoms with E-state index in [1.165, 1.54) is 5.39 Å². The molecule has 0 radical (unpaired) electrons. The van der Waals surface area contributed by atoms with Gasteiger partial charge in [0.25, 0.3) is 0 Å². The Bertz CT molecular complexity index is 1420. The highest BCUT2D eigenvalue weighted by molar-refractivity contribution is 5.89. The fraction of sp³-hybridized carbons (Fsp3) is 0.233. The molecule has 35 heavy (non-hydrogen) atoms. The summed E-state index contributed by atoms with van der Waals surface area (Å²) >= 11 is 0. The molecule has 5 heteroatoms. The highest BCUT2D eigenvalue weighted by atomic mass is 16.3. The maximum absolute atomic E-state index is 10.3. The summed E-state index contributed by atoms with van der Waals surface area (Å²) in [6.45, 7) is 6.57. The number of para-hydroxylation sites is 1. The van der Waals surface area contributed by atoms with Crippen LogP contribution in [-0.4, -0.2) is 19.6 Å². The number of hydrogen-bond donors (Lipinski definition) is 3. The number of unbranched alkanes of at least 4 members (excludes halogenated alkanes) is 1. The van der Waals surface area contributed by atoms with Gasteiger partial charge in [-0.15, -0.1) is 0 Å². The first-order chi connectivity index (χ1) is 17.0. The number of hydrogen-bond acceptors (Lipinski definition) is 3. The number of H-pyrrole nitrogens is 1. The standard InChI is InChI=1S/C30H32N4O/c1-3-4-11-25(31)30-32-19-26(33-30)21-14-13-20(2)29-18-23-8-5-6-12-27(23)34(29)28(16-15-21)22-9-7-10-24(35)17-22/h5-10,12-15,17-19,25,28,35H,2-4,11,16,31H2,1H3,(H,32,33)/b14-13-,21-15+. The Morgan fingerprint density at radius 1 is 1.17 bits per heavy atom. The van der Waals surface area contributed by atoms with Crippen molar-refractivity contribution in [2.75, 3.05) is 0 Å². The van der Waals surface area contributed by atoms with Gasteiger partial charge in [-0.25, -0.2) is 4.98 Å². The van der Waals surface area contributed by atoms with Crippen molar-refractivity contribution < 1.29 is 5.11 Å². The number of nitrogens with one attached hydrogen (secondary N) is 1. The highest BCUT2D eigenvalue weighted by Crippen LogP contribution is 2.37. The zero-order valence-electron chi connectivity index (χ0n) is 20.1. The van der Waals surface area contributed by atoms with Gasteiger partial charge < -0.3 is 20.4 Å². The molecule has 0 bridgehead atoms. The average molecular weight is 465 g/mol. The third-order valence-electron chi connectivity index (χ3n) is 6.80. The number of fused-ring (bicyclic) bond motifs is 3. The number of imidazole rings is 1. The fourth-order valence-electron chi connectivity index (χ4n) is 4.90. The lowest BCUT2D eigenvalue weighted by atomic mass is 10.0. The lowest BCUT2D eigenvalue weighted by Crippen LogP contribution is -2.12. The van der Waals surface area contributed by atoms with Crippen molar-refractivity contribution in [2.45, 2.75) is 44.7 Å². The van der Waals surface area contributed by atoms with Crippen molar-refractivity contribution in [3.8, 4) is 5.75 Å². The zero-order valence-corrected chi connectivity index (χ0v) is 20.1. The lowest BCUT2D eigenvalue weighted by Gasteiger charge is -2.23. The van der Waals surface area contributed by atoms with Gasteiger partial charge in [0.2, 0.25) is 0 Å². The number of nitrogens with two attached hydrogens (primary N) is 1. The third-order valence-corrected chi connectivity index (χ3v) is 6.80. The van der Waals surface area contributed by atoms with Crippen molar-refractivity contribution in [1.29, 1.82) is 0 Å². The molecule has 0 saturated carbocycles. The molecular formula is C30H32N4O. The third kappa shape index (κ3) is 4.60. The molecule has 5 nitrogen and oxygen atoms in total. The monoisotopic (exact) mass is 464 g/mol. The Labute approximate surface area is 206 Å². The van der Waals surface area contributed by atoms with E-state index in [9.17, 15) is 5.11 Å². The molecule has 1 aliphatic heterocycles. The van der Waals surface area contributed by atoms with Crippen molar-refractivity contribution >= 4 is 22.0 Å². The fourth-order valence-corrected chi connectivity index (χ4v) is 4.90. The van der Waals surface area contributed by atoms with E-state index in [4.69, 9.17) is 5.73 Å². The molecule has 2 unspecified atom stereocenters. The first-order valence-corrected chi connectivity index (χ1v) is 12.3. The van der Waals surface area contributed by atoms with Gasteiger partial charge in [-0.1, -0.05) is 74.9 Å². The Balaban J connectivity index is 1.59. The predicted octanol–water partition coefficient (Wildman–Crippen LogP) is 6.91. The summed E-state index contributed by atoms with van der Waals surface area (Å²) in [5, 5.41) is 11.4. The van der Waals surface area contributed by atoms with E-state index in [0.29, 0.717) is 0 Å². The number of phenolic OH excluding ortho intramolecular Hbond substituents is 1. The summed E-state index contributed by atoms with van der Waals surface area (Å²) in [7, 11) is 0. The van der Waals surface area contributed by atoms with Crippen molar-refractivity contribution in [2.24, 2.45) is 5.73 Å². The minimum absolute atomic E-state index is 0.0159. The van der Waals surface area contributed by atoms with Gasteiger partial charge in [0, 0.05) is 16.6 Å².